The van der Waals surface area contributed by atoms with E-state index in [4.69, 9.17) is 5.11 Å². The summed E-state index contributed by atoms with van der Waals surface area (Å²) in [5, 5.41) is 12.4. The number of carboxylic acid groups (broad SMARTS) is 1. The molecule has 2 aromatic rings. The first-order valence-corrected chi connectivity index (χ1v) is 7.58. The van der Waals surface area contributed by atoms with Crippen molar-refractivity contribution in [2.75, 3.05) is 26.2 Å². The third-order valence-corrected chi connectivity index (χ3v) is 4.11. The Labute approximate surface area is 130 Å². The van der Waals surface area contributed by atoms with Crippen molar-refractivity contribution in [2.45, 2.75) is 6.04 Å². The molecular weight excluding hydrogens is 276 g/mol. The predicted molar refractivity (Wildman–Crippen MR) is 86.1 cm³/mol. The van der Waals surface area contributed by atoms with Gasteiger partial charge in [-0.3, -0.25) is 4.90 Å². The number of rotatable bonds is 4. The van der Waals surface area contributed by atoms with E-state index in [1.165, 1.54) is 5.56 Å². The minimum absolute atomic E-state index is 0.172. The summed E-state index contributed by atoms with van der Waals surface area (Å²) in [6.07, 6.45) is 0. The molecule has 0 aliphatic carbocycles. The van der Waals surface area contributed by atoms with E-state index >= 15 is 0 Å². The van der Waals surface area contributed by atoms with Crippen molar-refractivity contribution in [1.29, 1.82) is 0 Å². The molecule has 0 aromatic heterocycles. The molecule has 3 rings (SSSR count). The first kappa shape index (κ1) is 14.8. The summed E-state index contributed by atoms with van der Waals surface area (Å²) in [5.41, 5.74) is 2.71. The first-order valence-electron chi connectivity index (χ1n) is 7.58. The summed E-state index contributed by atoms with van der Waals surface area (Å²) in [6.45, 7) is 3.94. The van der Waals surface area contributed by atoms with Crippen LogP contribution in [0.15, 0.2) is 54.6 Å². The Bertz CT molecular complexity index is 619. The molecule has 1 aliphatic rings. The lowest BCUT2D eigenvalue weighted by Crippen LogP contribution is -2.45. The van der Waals surface area contributed by atoms with E-state index < -0.39 is 5.97 Å². The molecule has 1 heterocycles. The van der Waals surface area contributed by atoms with Gasteiger partial charge in [-0.1, -0.05) is 42.5 Å². The molecule has 0 spiro atoms. The maximum atomic E-state index is 11.0. The van der Waals surface area contributed by atoms with Crippen molar-refractivity contribution in [3.05, 3.63) is 71.3 Å². The topological polar surface area (TPSA) is 52.6 Å². The molecule has 1 fully saturated rings. The number of hydrogen-bond donors (Lipinski definition) is 2. The zero-order valence-corrected chi connectivity index (χ0v) is 12.4. The fourth-order valence-corrected chi connectivity index (χ4v) is 3.00. The van der Waals surface area contributed by atoms with Crippen molar-refractivity contribution < 1.29 is 9.90 Å². The molecule has 2 N–H and O–H groups in total. The monoisotopic (exact) mass is 296 g/mol. The van der Waals surface area contributed by atoms with Crippen molar-refractivity contribution in [3.63, 3.8) is 0 Å². The number of nitrogens with one attached hydrogen (secondary N) is 1. The smallest absolute Gasteiger partial charge is 0.335 e. The standard InChI is InChI=1S/C18H20N2O2/c21-18(22)16-8-6-15(7-9-16)17(14-4-2-1-3-5-14)20-12-10-19-11-13-20/h1-9,17,19H,10-13H2,(H,21,22)/t17-/m0/s1. The highest BCUT2D eigenvalue weighted by Gasteiger charge is 2.23. The summed E-state index contributed by atoms with van der Waals surface area (Å²) in [7, 11) is 0. The second-order valence-corrected chi connectivity index (χ2v) is 5.53. The molecule has 0 unspecified atom stereocenters. The number of piperazine rings is 1. The van der Waals surface area contributed by atoms with E-state index in [1.54, 1.807) is 12.1 Å². The summed E-state index contributed by atoms with van der Waals surface area (Å²) < 4.78 is 0. The largest absolute Gasteiger partial charge is 0.478 e. The molecule has 114 valence electrons. The third-order valence-electron chi connectivity index (χ3n) is 4.11. The van der Waals surface area contributed by atoms with Crippen LogP contribution >= 0.6 is 0 Å². The number of benzene rings is 2. The number of carbonyl (C=O) groups is 1. The van der Waals surface area contributed by atoms with E-state index in [0.29, 0.717) is 5.56 Å². The number of nitrogens with zero attached hydrogens (tertiary/aromatic N) is 1. The number of aromatic carboxylic acids is 1. The molecule has 2 aromatic carbocycles. The predicted octanol–water partition coefficient (Wildman–Crippen LogP) is 2.38. The highest BCUT2D eigenvalue weighted by atomic mass is 16.4. The number of carboxylic acids is 1. The van der Waals surface area contributed by atoms with Crippen molar-refractivity contribution in [3.8, 4) is 0 Å². The van der Waals surface area contributed by atoms with Crippen LogP contribution < -0.4 is 5.32 Å². The molecule has 0 saturated carbocycles. The van der Waals surface area contributed by atoms with Crippen LogP contribution in [-0.4, -0.2) is 42.2 Å². The van der Waals surface area contributed by atoms with Gasteiger partial charge >= 0.3 is 5.97 Å². The van der Waals surface area contributed by atoms with Crippen LogP contribution in [0.2, 0.25) is 0 Å². The van der Waals surface area contributed by atoms with E-state index in [9.17, 15) is 4.79 Å². The lowest BCUT2D eigenvalue weighted by molar-refractivity contribution is 0.0697. The van der Waals surface area contributed by atoms with Gasteiger partial charge in [-0.2, -0.15) is 0 Å². The molecule has 22 heavy (non-hydrogen) atoms. The zero-order valence-electron chi connectivity index (χ0n) is 12.4. The molecule has 1 atom stereocenters. The molecule has 4 heteroatoms. The fraction of sp³-hybridized carbons (Fsp3) is 0.278. The van der Waals surface area contributed by atoms with Gasteiger partial charge in [0.05, 0.1) is 11.6 Å². The van der Waals surface area contributed by atoms with Gasteiger partial charge in [-0.05, 0) is 23.3 Å². The Hall–Kier alpha value is -2.17. The van der Waals surface area contributed by atoms with Crippen molar-refractivity contribution in [2.24, 2.45) is 0 Å². The Kier molecular flexibility index (Phi) is 4.51. The summed E-state index contributed by atoms with van der Waals surface area (Å²) >= 11 is 0. The van der Waals surface area contributed by atoms with Gasteiger partial charge in [-0.15, -0.1) is 0 Å². The van der Waals surface area contributed by atoms with Gasteiger partial charge in [0.25, 0.3) is 0 Å². The Balaban J connectivity index is 1.95. The van der Waals surface area contributed by atoms with Gasteiger partial charge in [-0.25, -0.2) is 4.79 Å². The van der Waals surface area contributed by atoms with Crippen LogP contribution in [0.3, 0.4) is 0 Å². The highest BCUT2D eigenvalue weighted by molar-refractivity contribution is 5.87. The third kappa shape index (κ3) is 3.18. The fourth-order valence-electron chi connectivity index (χ4n) is 3.00. The van der Waals surface area contributed by atoms with Gasteiger partial charge in [0, 0.05) is 26.2 Å². The average Bonchev–Trinajstić information content (AvgIpc) is 2.57. The minimum atomic E-state index is -0.884. The molecule has 1 saturated heterocycles. The maximum Gasteiger partial charge on any atom is 0.335 e. The summed E-state index contributed by atoms with van der Waals surface area (Å²) in [5.74, 6) is -0.884. The highest BCUT2D eigenvalue weighted by Crippen LogP contribution is 2.29. The van der Waals surface area contributed by atoms with Crippen molar-refractivity contribution >= 4 is 5.97 Å². The normalized spacial score (nSPS) is 17.1. The maximum absolute atomic E-state index is 11.0. The van der Waals surface area contributed by atoms with Crippen LogP contribution in [0.25, 0.3) is 0 Å². The average molecular weight is 296 g/mol. The van der Waals surface area contributed by atoms with Gasteiger partial charge in [0.1, 0.15) is 0 Å². The Morgan fingerprint density at radius 3 is 2.14 bits per heavy atom. The van der Waals surface area contributed by atoms with Crippen LogP contribution in [-0.2, 0) is 0 Å². The minimum Gasteiger partial charge on any atom is -0.478 e. The van der Waals surface area contributed by atoms with Crippen LogP contribution in [0.4, 0.5) is 0 Å². The zero-order chi connectivity index (χ0) is 15.4. The quantitative estimate of drug-likeness (QED) is 0.909. The molecular formula is C18H20N2O2. The van der Waals surface area contributed by atoms with Gasteiger partial charge < -0.3 is 10.4 Å². The second-order valence-electron chi connectivity index (χ2n) is 5.53. The Morgan fingerprint density at radius 1 is 0.955 bits per heavy atom. The number of hydrogen-bond acceptors (Lipinski definition) is 3. The van der Waals surface area contributed by atoms with Crippen LogP contribution in [0.1, 0.15) is 27.5 Å². The summed E-state index contributed by atoms with van der Waals surface area (Å²) in [4.78, 5) is 13.5. The van der Waals surface area contributed by atoms with E-state index in [0.717, 1.165) is 31.7 Å². The molecule has 1 aliphatic heterocycles. The molecule has 4 nitrogen and oxygen atoms in total. The van der Waals surface area contributed by atoms with Gasteiger partial charge in [0.15, 0.2) is 0 Å². The molecule has 0 bridgehead atoms. The lowest BCUT2D eigenvalue weighted by atomic mass is 9.95. The molecule has 0 amide bonds. The Morgan fingerprint density at radius 2 is 1.55 bits per heavy atom. The van der Waals surface area contributed by atoms with E-state index in [1.807, 2.05) is 18.2 Å². The van der Waals surface area contributed by atoms with E-state index in [2.05, 4.69) is 34.5 Å². The lowest BCUT2D eigenvalue weighted by Gasteiger charge is -2.35. The van der Waals surface area contributed by atoms with Crippen molar-refractivity contribution in [1.82, 2.24) is 10.2 Å². The SMILES string of the molecule is O=C(O)c1ccc([C@H](c2ccccc2)N2CCNCC2)cc1. The van der Waals surface area contributed by atoms with Gasteiger partial charge in [0.2, 0.25) is 0 Å². The second kappa shape index (κ2) is 6.73. The molecule has 0 radical (unpaired) electrons. The van der Waals surface area contributed by atoms with E-state index in [-0.39, 0.29) is 6.04 Å². The van der Waals surface area contributed by atoms with Crippen LogP contribution in [0.5, 0.6) is 0 Å². The van der Waals surface area contributed by atoms with Crippen LogP contribution in [0, 0.1) is 0 Å². The summed E-state index contributed by atoms with van der Waals surface area (Å²) in [6, 6.07) is 17.8. The first-order chi connectivity index (χ1) is 10.8.